The normalized spacial score (nSPS) is 14.4. The minimum Gasteiger partial charge on any atom is -0.465 e. The first-order valence-electron chi connectivity index (χ1n) is 5.24. The number of carbonyl (C=O) groups is 1. The fourth-order valence-corrected chi connectivity index (χ4v) is 2.07. The Labute approximate surface area is 104 Å². The highest BCUT2D eigenvalue weighted by Crippen LogP contribution is 2.20. The van der Waals surface area contributed by atoms with Crippen LogP contribution in [0, 0.1) is 0 Å². The van der Waals surface area contributed by atoms with Crippen LogP contribution in [0.2, 0.25) is 0 Å². The number of nitrogens with zero attached hydrogens (tertiary/aromatic N) is 4. The Morgan fingerprint density at radius 2 is 2.35 bits per heavy atom. The zero-order chi connectivity index (χ0) is 12.9. The number of hydrogen-bond acceptors (Lipinski definition) is 7. The van der Waals surface area contributed by atoms with Crippen molar-refractivity contribution in [3.05, 3.63) is 0 Å². The lowest BCUT2D eigenvalue weighted by Crippen LogP contribution is -2.50. The number of likely N-dealkylation sites (N-methyl/N-ethyl adjacent to an activating group) is 1. The van der Waals surface area contributed by atoms with Gasteiger partial charge in [-0.05, 0) is 31.3 Å². The average Bonchev–Trinajstić information content (AvgIpc) is 2.72. The second-order valence-electron chi connectivity index (χ2n) is 3.68. The molecule has 1 rings (SSSR count). The van der Waals surface area contributed by atoms with E-state index >= 15 is 0 Å². The van der Waals surface area contributed by atoms with Crippen molar-refractivity contribution in [3.8, 4) is 0 Å². The molecule has 1 unspecified atom stereocenters. The van der Waals surface area contributed by atoms with Crippen LogP contribution in [0.3, 0.4) is 0 Å². The maximum Gasteiger partial charge on any atom is 0.326 e. The molecule has 0 fully saturated rings. The third-order valence-corrected chi connectivity index (χ3v) is 3.67. The first kappa shape index (κ1) is 13.9. The number of nitrogens with one attached hydrogen (secondary N) is 1. The molecule has 0 radical (unpaired) electrons. The monoisotopic (exact) mass is 259 g/mol. The number of aryl methyl sites for hydroxylation is 1. The van der Waals surface area contributed by atoms with Gasteiger partial charge < -0.3 is 10.1 Å². The third-order valence-electron chi connectivity index (χ3n) is 2.35. The highest BCUT2D eigenvalue weighted by atomic mass is 32.2. The van der Waals surface area contributed by atoms with Crippen molar-refractivity contribution >= 4 is 17.7 Å². The van der Waals surface area contributed by atoms with Crippen molar-refractivity contribution in [2.24, 2.45) is 7.05 Å². The van der Waals surface area contributed by atoms with E-state index in [0.717, 1.165) is 0 Å². The second kappa shape index (κ2) is 5.97. The van der Waals surface area contributed by atoms with Crippen LogP contribution < -0.4 is 5.32 Å². The van der Waals surface area contributed by atoms with Crippen LogP contribution in [0.15, 0.2) is 5.16 Å². The van der Waals surface area contributed by atoms with Crippen molar-refractivity contribution in [2.45, 2.75) is 24.5 Å². The molecular formula is C9H17N5O2S. The first-order chi connectivity index (χ1) is 8.03. The molecule has 0 aliphatic heterocycles. The second-order valence-corrected chi connectivity index (χ2v) is 4.62. The van der Waals surface area contributed by atoms with Crippen LogP contribution in [0.5, 0.6) is 0 Å². The molecular weight excluding hydrogens is 242 g/mol. The maximum atomic E-state index is 11.8. The third kappa shape index (κ3) is 3.40. The summed E-state index contributed by atoms with van der Waals surface area (Å²) in [5.41, 5.74) is -0.743. The molecule has 1 atom stereocenters. The maximum absolute atomic E-state index is 11.8. The Morgan fingerprint density at radius 3 is 2.82 bits per heavy atom. The number of carbonyl (C=O) groups excluding carboxylic acids is 1. The quantitative estimate of drug-likeness (QED) is 0.561. The molecule has 96 valence electrons. The molecule has 1 aromatic rings. The van der Waals surface area contributed by atoms with Crippen LogP contribution in [0.4, 0.5) is 0 Å². The Bertz CT molecular complexity index is 383. The molecule has 0 spiro atoms. The van der Waals surface area contributed by atoms with Gasteiger partial charge in [-0.3, -0.25) is 4.79 Å². The van der Waals surface area contributed by atoms with Gasteiger partial charge in [-0.1, -0.05) is 11.8 Å². The van der Waals surface area contributed by atoms with Gasteiger partial charge in [0.1, 0.15) is 5.54 Å². The lowest BCUT2D eigenvalue weighted by Gasteiger charge is -2.25. The van der Waals surface area contributed by atoms with Gasteiger partial charge in [0.05, 0.1) is 6.61 Å². The topological polar surface area (TPSA) is 81.9 Å². The van der Waals surface area contributed by atoms with Gasteiger partial charge in [0.2, 0.25) is 5.16 Å². The summed E-state index contributed by atoms with van der Waals surface area (Å²) in [6.07, 6.45) is 0. The molecule has 17 heavy (non-hydrogen) atoms. The van der Waals surface area contributed by atoms with Gasteiger partial charge in [-0.2, -0.15) is 0 Å². The first-order valence-corrected chi connectivity index (χ1v) is 6.23. The molecule has 1 heterocycles. The molecule has 0 saturated carbocycles. The van der Waals surface area contributed by atoms with Gasteiger partial charge in [0.15, 0.2) is 0 Å². The van der Waals surface area contributed by atoms with E-state index in [2.05, 4.69) is 20.8 Å². The summed E-state index contributed by atoms with van der Waals surface area (Å²) in [4.78, 5) is 11.8. The predicted octanol–water partition coefficient (Wildman–Crippen LogP) is -0.157. The van der Waals surface area contributed by atoms with Crippen LogP contribution in [-0.2, 0) is 16.6 Å². The highest BCUT2D eigenvalue weighted by molar-refractivity contribution is 7.99. The fourth-order valence-electron chi connectivity index (χ4n) is 1.08. The predicted molar refractivity (Wildman–Crippen MR) is 63.6 cm³/mol. The Kier molecular flexibility index (Phi) is 4.88. The molecule has 0 aliphatic rings. The van der Waals surface area contributed by atoms with Crippen LogP contribution in [0.1, 0.15) is 13.8 Å². The molecule has 1 aromatic heterocycles. The number of ether oxygens (including phenoxy) is 1. The molecule has 8 heteroatoms. The van der Waals surface area contributed by atoms with Crippen LogP contribution in [-0.4, -0.2) is 51.1 Å². The summed E-state index contributed by atoms with van der Waals surface area (Å²) >= 11 is 1.40. The van der Waals surface area contributed by atoms with Crippen molar-refractivity contribution in [3.63, 3.8) is 0 Å². The summed E-state index contributed by atoms with van der Waals surface area (Å²) in [5.74, 6) is 0.224. The molecule has 0 bridgehead atoms. The highest BCUT2D eigenvalue weighted by Gasteiger charge is 2.33. The van der Waals surface area contributed by atoms with Crippen molar-refractivity contribution in [2.75, 3.05) is 19.4 Å². The molecule has 1 N–H and O–H groups in total. The number of aromatic nitrogens is 4. The SMILES string of the molecule is CCOC(=O)C(C)(CSc1nnnn1C)NC. The number of rotatable bonds is 6. The minimum absolute atomic E-state index is 0.273. The smallest absolute Gasteiger partial charge is 0.326 e. The zero-order valence-electron chi connectivity index (χ0n) is 10.4. The van der Waals surface area contributed by atoms with E-state index in [0.29, 0.717) is 17.5 Å². The zero-order valence-corrected chi connectivity index (χ0v) is 11.2. The lowest BCUT2D eigenvalue weighted by atomic mass is 10.1. The van der Waals surface area contributed by atoms with Crippen LogP contribution >= 0.6 is 11.8 Å². The summed E-state index contributed by atoms with van der Waals surface area (Å²) in [6.45, 7) is 3.95. The summed E-state index contributed by atoms with van der Waals surface area (Å²) in [7, 11) is 3.48. The number of tetrazole rings is 1. The van der Waals surface area contributed by atoms with Crippen LogP contribution in [0.25, 0.3) is 0 Å². The van der Waals surface area contributed by atoms with E-state index in [1.807, 2.05) is 0 Å². The Hall–Kier alpha value is -1.15. The number of hydrogen-bond donors (Lipinski definition) is 1. The van der Waals surface area contributed by atoms with Crippen molar-refractivity contribution in [1.82, 2.24) is 25.5 Å². The van der Waals surface area contributed by atoms with E-state index in [4.69, 9.17) is 4.74 Å². The van der Waals surface area contributed by atoms with E-state index < -0.39 is 5.54 Å². The van der Waals surface area contributed by atoms with E-state index in [1.165, 1.54) is 11.8 Å². The number of thioether (sulfide) groups is 1. The van der Waals surface area contributed by atoms with Gasteiger partial charge in [0.25, 0.3) is 0 Å². The molecule has 7 nitrogen and oxygen atoms in total. The summed E-state index contributed by atoms with van der Waals surface area (Å²) in [5, 5.41) is 14.7. The summed E-state index contributed by atoms with van der Waals surface area (Å²) in [6, 6.07) is 0. The Morgan fingerprint density at radius 1 is 1.65 bits per heavy atom. The molecule has 0 amide bonds. The van der Waals surface area contributed by atoms with E-state index in [1.54, 1.807) is 32.6 Å². The molecule has 0 saturated heterocycles. The van der Waals surface area contributed by atoms with Gasteiger partial charge >= 0.3 is 5.97 Å². The standard InChI is InChI=1S/C9H17N5O2S/c1-5-16-7(15)9(2,10-3)6-17-8-11-12-13-14(8)4/h10H,5-6H2,1-4H3. The molecule has 0 aromatic carbocycles. The van der Waals surface area contributed by atoms with Crippen molar-refractivity contribution in [1.29, 1.82) is 0 Å². The van der Waals surface area contributed by atoms with Gasteiger partial charge in [-0.25, -0.2) is 4.68 Å². The van der Waals surface area contributed by atoms with Gasteiger partial charge in [-0.15, -0.1) is 5.10 Å². The van der Waals surface area contributed by atoms with Crippen molar-refractivity contribution < 1.29 is 9.53 Å². The fraction of sp³-hybridized carbons (Fsp3) is 0.778. The average molecular weight is 259 g/mol. The number of esters is 1. The van der Waals surface area contributed by atoms with E-state index in [9.17, 15) is 4.79 Å². The minimum atomic E-state index is -0.743. The Balaban J connectivity index is 2.63. The largest absolute Gasteiger partial charge is 0.465 e. The lowest BCUT2D eigenvalue weighted by molar-refractivity contribution is -0.149. The summed E-state index contributed by atoms with van der Waals surface area (Å²) < 4.78 is 6.59. The molecule has 0 aliphatic carbocycles. The van der Waals surface area contributed by atoms with E-state index in [-0.39, 0.29) is 5.97 Å². The van der Waals surface area contributed by atoms with Gasteiger partial charge in [0, 0.05) is 12.8 Å².